The molecule has 2 aliphatic rings. The van der Waals surface area contributed by atoms with E-state index in [0.717, 1.165) is 25.9 Å². The van der Waals surface area contributed by atoms with Crippen molar-refractivity contribution in [3.63, 3.8) is 0 Å². The van der Waals surface area contributed by atoms with Gasteiger partial charge in [-0.05, 0) is 12.8 Å². The van der Waals surface area contributed by atoms with Crippen LogP contribution in [0.15, 0.2) is 0 Å². The van der Waals surface area contributed by atoms with E-state index < -0.39 is 9.84 Å². The third-order valence-corrected chi connectivity index (χ3v) is 5.68. The molecule has 4 nitrogen and oxygen atoms in total. The lowest BCUT2D eigenvalue weighted by Crippen LogP contribution is -2.52. The first kappa shape index (κ1) is 12.3. The van der Waals surface area contributed by atoms with Crippen LogP contribution in [0.4, 0.5) is 0 Å². The van der Waals surface area contributed by atoms with Crippen molar-refractivity contribution in [2.45, 2.75) is 38.8 Å². The van der Waals surface area contributed by atoms with E-state index in [9.17, 15) is 13.5 Å². The Balaban J connectivity index is 2.02. The zero-order valence-corrected chi connectivity index (χ0v) is 10.8. The van der Waals surface area contributed by atoms with Crippen LogP contribution in [0, 0.1) is 5.41 Å². The Bertz CT molecular complexity index is 363. The first-order chi connectivity index (χ1) is 7.30. The summed E-state index contributed by atoms with van der Waals surface area (Å²) in [5.74, 6) is 0.635. The van der Waals surface area contributed by atoms with E-state index in [2.05, 4.69) is 4.90 Å². The Morgan fingerprint density at radius 3 is 2.50 bits per heavy atom. The van der Waals surface area contributed by atoms with E-state index in [0.29, 0.717) is 11.5 Å². The second-order valence-corrected chi connectivity index (χ2v) is 8.05. The molecule has 0 aliphatic carbocycles. The van der Waals surface area contributed by atoms with Crippen molar-refractivity contribution in [2.24, 2.45) is 5.41 Å². The summed E-state index contributed by atoms with van der Waals surface area (Å²) in [6.07, 6.45) is 1.25. The van der Waals surface area contributed by atoms with Gasteiger partial charge >= 0.3 is 0 Å². The molecule has 2 heterocycles. The van der Waals surface area contributed by atoms with Gasteiger partial charge in [-0.1, -0.05) is 13.8 Å². The van der Waals surface area contributed by atoms with Crippen molar-refractivity contribution in [3.8, 4) is 0 Å². The molecule has 0 spiro atoms. The predicted molar refractivity (Wildman–Crippen MR) is 63.0 cm³/mol. The lowest BCUT2D eigenvalue weighted by Gasteiger charge is -2.44. The molecule has 2 saturated heterocycles. The van der Waals surface area contributed by atoms with Gasteiger partial charge in [0.15, 0.2) is 9.84 Å². The molecule has 94 valence electrons. The number of nitrogens with zero attached hydrogens (tertiary/aromatic N) is 1. The molecule has 5 heteroatoms. The van der Waals surface area contributed by atoms with E-state index in [4.69, 9.17) is 0 Å². The van der Waals surface area contributed by atoms with Gasteiger partial charge in [-0.3, -0.25) is 4.90 Å². The minimum atomic E-state index is -2.80. The fraction of sp³-hybridized carbons (Fsp3) is 1.00. The zero-order chi connectivity index (χ0) is 12.0. The second-order valence-electron chi connectivity index (χ2n) is 5.82. The molecule has 2 fully saturated rings. The largest absolute Gasteiger partial charge is 0.392 e. The SMILES string of the molecule is CC1(C)CN(C2CCS(=O)(=O)C2)CCC1O. The first-order valence-corrected chi connectivity index (χ1v) is 7.75. The van der Waals surface area contributed by atoms with Crippen LogP contribution < -0.4 is 0 Å². The minimum Gasteiger partial charge on any atom is -0.392 e. The molecule has 0 saturated carbocycles. The predicted octanol–water partition coefficient (Wildman–Crippen LogP) is 0.266. The normalized spacial score (nSPS) is 38.7. The Labute approximate surface area is 97.6 Å². The summed E-state index contributed by atoms with van der Waals surface area (Å²) < 4.78 is 22.9. The standard InChI is InChI=1S/C11H21NO3S/c1-11(2)8-12(5-3-10(11)13)9-4-6-16(14,15)7-9/h9-10,13H,3-8H2,1-2H3. The Hall–Kier alpha value is -0.130. The summed E-state index contributed by atoms with van der Waals surface area (Å²) >= 11 is 0. The summed E-state index contributed by atoms with van der Waals surface area (Å²) in [6.45, 7) is 5.72. The van der Waals surface area contributed by atoms with Crippen LogP contribution in [-0.2, 0) is 9.84 Å². The highest BCUT2D eigenvalue weighted by molar-refractivity contribution is 7.91. The fourth-order valence-electron chi connectivity index (χ4n) is 2.76. The summed E-state index contributed by atoms with van der Waals surface area (Å²) in [7, 11) is -2.80. The maximum atomic E-state index is 11.4. The molecule has 2 unspecified atom stereocenters. The van der Waals surface area contributed by atoms with Crippen LogP contribution in [0.5, 0.6) is 0 Å². The van der Waals surface area contributed by atoms with E-state index in [1.807, 2.05) is 13.8 Å². The molecule has 0 aromatic heterocycles. The van der Waals surface area contributed by atoms with E-state index in [-0.39, 0.29) is 17.6 Å². The maximum Gasteiger partial charge on any atom is 0.151 e. The van der Waals surface area contributed by atoms with Gasteiger partial charge in [-0.25, -0.2) is 8.42 Å². The number of likely N-dealkylation sites (tertiary alicyclic amines) is 1. The van der Waals surface area contributed by atoms with Crippen LogP contribution >= 0.6 is 0 Å². The number of sulfone groups is 1. The molecule has 2 aliphatic heterocycles. The van der Waals surface area contributed by atoms with Gasteiger partial charge in [0, 0.05) is 24.5 Å². The number of aliphatic hydroxyl groups is 1. The molecule has 0 bridgehead atoms. The summed E-state index contributed by atoms with van der Waals surface area (Å²) in [5, 5.41) is 9.86. The molecule has 0 radical (unpaired) electrons. The quantitative estimate of drug-likeness (QED) is 0.722. The van der Waals surface area contributed by atoms with Crippen LogP contribution in [0.3, 0.4) is 0 Å². The van der Waals surface area contributed by atoms with Crippen LogP contribution in [0.25, 0.3) is 0 Å². The number of rotatable bonds is 1. The van der Waals surface area contributed by atoms with Crippen LogP contribution in [-0.4, -0.2) is 55.2 Å². The van der Waals surface area contributed by atoms with Crippen molar-refractivity contribution < 1.29 is 13.5 Å². The number of piperidine rings is 1. The lowest BCUT2D eigenvalue weighted by molar-refractivity contribution is -0.0348. The third-order valence-electron chi connectivity index (χ3n) is 3.93. The average Bonchev–Trinajstić information content (AvgIpc) is 2.51. The van der Waals surface area contributed by atoms with Crippen molar-refractivity contribution >= 4 is 9.84 Å². The molecular formula is C11H21NO3S. The van der Waals surface area contributed by atoms with Gasteiger partial charge in [-0.15, -0.1) is 0 Å². The maximum absolute atomic E-state index is 11.4. The smallest absolute Gasteiger partial charge is 0.151 e. The first-order valence-electron chi connectivity index (χ1n) is 5.93. The molecule has 0 aromatic carbocycles. The van der Waals surface area contributed by atoms with Gasteiger partial charge < -0.3 is 5.11 Å². The van der Waals surface area contributed by atoms with Crippen molar-refractivity contribution in [1.82, 2.24) is 4.90 Å². The van der Waals surface area contributed by atoms with Crippen LogP contribution in [0.1, 0.15) is 26.7 Å². The molecule has 2 rings (SSSR count). The number of aliphatic hydroxyl groups excluding tert-OH is 1. The molecular weight excluding hydrogens is 226 g/mol. The Kier molecular flexibility index (Phi) is 3.05. The summed E-state index contributed by atoms with van der Waals surface area (Å²) in [4.78, 5) is 2.25. The van der Waals surface area contributed by atoms with Gasteiger partial charge in [0.25, 0.3) is 0 Å². The molecule has 16 heavy (non-hydrogen) atoms. The highest BCUT2D eigenvalue weighted by Gasteiger charge is 2.40. The van der Waals surface area contributed by atoms with Gasteiger partial charge in [-0.2, -0.15) is 0 Å². The van der Waals surface area contributed by atoms with E-state index in [1.54, 1.807) is 0 Å². The topological polar surface area (TPSA) is 57.6 Å². The number of hydrogen-bond acceptors (Lipinski definition) is 4. The van der Waals surface area contributed by atoms with E-state index >= 15 is 0 Å². The third kappa shape index (κ3) is 2.41. The van der Waals surface area contributed by atoms with E-state index in [1.165, 1.54) is 0 Å². The van der Waals surface area contributed by atoms with Crippen LogP contribution in [0.2, 0.25) is 0 Å². The monoisotopic (exact) mass is 247 g/mol. The average molecular weight is 247 g/mol. The molecule has 0 amide bonds. The molecule has 2 atom stereocenters. The highest BCUT2D eigenvalue weighted by atomic mass is 32.2. The lowest BCUT2D eigenvalue weighted by atomic mass is 9.80. The van der Waals surface area contributed by atoms with Crippen molar-refractivity contribution in [3.05, 3.63) is 0 Å². The summed E-state index contributed by atoms with van der Waals surface area (Å²) in [5.41, 5.74) is -0.120. The fourth-order valence-corrected chi connectivity index (χ4v) is 4.52. The van der Waals surface area contributed by atoms with Gasteiger partial charge in [0.05, 0.1) is 17.6 Å². The minimum absolute atomic E-state index is 0.120. The van der Waals surface area contributed by atoms with Crippen molar-refractivity contribution in [2.75, 3.05) is 24.6 Å². The number of hydrogen-bond donors (Lipinski definition) is 1. The highest BCUT2D eigenvalue weighted by Crippen LogP contribution is 2.32. The zero-order valence-electron chi connectivity index (χ0n) is 10.0. The van der Waals surface area contributed by atoms with Crippen molar-refractivity contribution in [1.29, 1.82) is 0 Å². The van der Waals surface area contributed by atoms with Gasteiger partial charge in [0.1, 0.15) is 0 Å². The Morgan fingerprint density at radius 2 is 2.00 bits per heavy atom. The Morgan fingerprint density at radius 1 is 1.31 bits per heavy atom. The second kappa shape index (κ2) is 3.96. The molecule has 0 aromatic rings. The van der Waals surface area contributed by atoms with Gasteiger partial charge in [0.2, 0.25) is 0 Å². The molecule has 1 N–H and O–H groups in total. The summed E-state index contributed by atoms with van der Waals surface area (Å²) in [6, 6.07) is 0.178.